The van der Waals surface area contributed by atoms with Crippen LogP contribution in [0.3, 0.4) is 0 Å². The molecule has 11 heteroatoms. The zero-order chi connectivity index (χ0) is 21.8. The van der Waals surface area contributed by atoms with E-state index >= 15 is 0 Å². The summed E-state index contributed by atoms with van der Waals surface area (Å²) >= 11 is 5.88. The van der Waals surface area contributed by atoms with Crippen LogP contribution in [-0.4, -0.2) is 25.7 Å². The topological polar surface area (TPSA) is 145 Å². The van der Waals surface area contributed by atoms with Crippen molar-refractivity contribution in [3.8, 4) is 17.6 Å². The second kappa shape index (κ2) is 8.83. The van der Waals surface area contributed by atoms with Crippen LogP contribution in [0.1, 0.15) is 11.1 Å². The minimum Gasteiger partial charge on any atom is -0.476 e. The van der Waals surface area contributed by atoms with Crippen LogP contribution in [0.2, 0.25) is 5.02 Å². The van der Waals surface area contributed by atoms with Gasteiger partial charge in [-0.25, -0.2) is 23.4 Å². The van der Waals surface area contributed by atoms with E-state index in [1.165, 1.54) is 30.3 Å². The molecule has 2 rings (SSSR count). The van der Waals surface area contributed by atoms with E-state index in [-0.39, 0.29) is 21.2 Å². The van der Waals surface area contributed by atoms with E-state index in [9.17, 15) is 17.6 Å². The van der Waals surface area contributed by atoms with E-state index in [0.29, 0.717) is 5.56 Å². The predicted molar refractivity (Wildman–Crippen MR) is 104 cm³/mol. The van der Waals surface area contributed by atoms with Gasteiger partial charge in [0.2, 0.25) is 5.88 Å². The minimum absolute atomic E-state index is 0.0146. The number of carboxylic acids is 1. The summed E-state index contributed by atoms with van der Waals surface area (Å²) in [4.78, 5) is 10.8. The smallest absolute Gasteiger partial charge is 0.357 e. The molecule has 0 atom stereocenters. The van der Waals surface area contributed by atoms with Crippen LogP contribution >= 0.6 is 11.6 Å². The van der Waals surface area contributed by atoms with Gasteiger partial charge in [-0.2, -0.15) is 0 Å². The molecule has 6 N–H and O–H groups in total. The third-order valence-electron chi connectivity index (χ3n) is 3.44. The number of aliphatic carboxylic acids is 1. The van der Waals surface area contributed by atoms with E-state index in [1.807, 2.05) is 5.43 Å². The fourth-order valence-corrected chi connectivity index (χ4v) is 3.35. The van der Waals surface area contributed by atoms with Gasteiger partial charge in [0, 0.05) is 11.8 Å². The number of nitrogens with two attached hydrogens (primary N) is 2. The third kappa shape index (κ3) is 5.61. The number of hydrogen-bond donors (Lipinski definition) is 4. The van der Waals surface area contributed by atoms with Crippen LogP contribution in [-0.2, 0) is 14.6 Å². The van der Waals surface area contributed by atoms with Gasteiger partial charge in [0.1, 0.15) is 11.6 Å². The Labute approximate surface area is 170 Å². The number of halogens is 2. The molecule has 0 bridgehead atoms. The Morgan fingerprint density at radius 3 is 2.52 bits per heavy atom. The largest absolute Gasteiger partial charge is 0.476 e. The van der Waals surface area contributed by atoms with E-state index in [2.05, 4.69) is 11.8 Å². The fourth-order valence-electron chi connectivity index (χ4n) is 2.05. The highest BCUT2D eigenvalue weighted by atomic mass is 35.5. The molecule has 0 unspecified atom stereocenters. The van der Waals surface area contributed by atoms with Gasteiger partial charge in [-0.1, -0.05) is 23.4 Å². The lowest BCUT2D eigenvalue weighted by Crippen LogP contribution is -2.31. The van der Waals surface area contributed by atoms with Gasteiger partial charge in [-0.05, 0) is 36.4 Å². The Balaban J connectivity index is 2.41. The Hall–Kier alpha value is -3.26. The van der Waals surface area contributed by atoms with Crippen molar-refractivity contribution >= 4 is 27.4 Å². The molecule has 0 spiro atoms. The Kier molecular flexibility index (Phi) is 6.71. The summed E-state index contributed by atoms with van der Waals surface area (Å²) in [6.07, 6.45) is 1.01. The molecule has 2 aromatic rings. The zero-order valence-corrected chi connectivity index (χ0v) is 16.4. The average molecular weight is 440 g/mol. The van der Waals surface area contributed by atoms with Crippen molar-refractivity contribution in [1.29, 1.82) is 0 Å². The number of carbonyl (C=O) groups is 1. The molecule has 0 heterocycles. The molecular weight excluding hydrogens is 425 g/mol. The highest BCUT2D eigenvalue weighted by molar-refractivity contribution is 7.90. The standard InChI is InChI=1S/C18H15ClFN3O5S/c1-29(26,27)15-8-10(3-6-13(15)19)2-4-11-9-12(5-7-14(11)20)28-17(23-22)16(21)18(24)25/h3,5-9,23H,21-22H2,1H3,(H,24,25)/b17-16+. The van der Waals surface area contributed by atoms with Crippen molar-refractivity contribution in [1.82, 2.24) is 5.43 Å². The molecule has 0 saturated carbocycles. The summed E-state index contributed by atoms with van der Waals surface area (Å²) in [5.74, 6) is 7.80. The lowest BCUT2D eigenvalue weighted by Gasteiger charge is -2.11. The number of nitrogens with one attached hydrogen (secondary N) is 1. The van der Waals surface area contributed by atoms with Gasteiger partial charge in [0.15, 0.2) is 15.5 Å². The molecule has 0 aliphatic carbocycles. The SMILES string of the molecule is CS(=O)(=O)c1cc(C#Cc2cc(O/C(NN)=C(/N)C(=O)O)ccc2F)ccc1Cl. The van der Waals surface area contributed by atoms with Crippen LogP contribution in [0.4, 0.5) is 4.39 Å². The minimum atomic E-state index is -3.56. The maximum Gasteiger partial charge on any atom is 0.357 e. The Morgan fingerprint density at radius 1 is 1.24 bits per heavy atom. The maximum absolute atomic E-state index is 14.1. The Bertz CT molecular complexity index is 1170. The quantitative estimate of drug-likeness (QED) is 0.179. The molecule has 0 fully saturated rings. The zero-order valence-electron chi connectivity index (χ0n) is 14.9. The predicted octanol–water partition coefficient (Wildman–Crippen LogP) is 1.34. The molecule has 0 aromatic heterocycles. The van der Waals surface area contributed by atoms with Gasteiger partial charge in [-0.3, -0.25) is 5.43 Å². The lowest BCUT2D eigenvalue weighted by atomic mass is 10.1. The second-order valence-electron chi connectivity index (χ2n) is 5.60. The summed E-state index contributed by atoms with van der Waals surface area (Å²) < 4.78 is 42.7. The molecule has 0 radical (unpaired) electrons. The third-order valence-corrected chi connectivity index (χ3v) is 5.01. The van der Waals surface area contributed by atoms with E-state index in [0.717, 1.165) is 12.3 Å². The van der Waals surface area contributed by atoms with Crippen LogP contribution in [0.5, 0.6) is 5.75 Å². The number of benzene rings is 2. The highest BCUT2D eigenvalue weighted by Crippen LogP contribution is 2.23. The van der Waals surface area contributed by atoms with Crippen LogP contribution in [0, 0.1) is 17.7 Å². The molecule has 8 nitrogen and oxygen atoms in total. The molecule has 0 aliphatic heterocycles. The van der Waals surface area contributed by atoms with Crippen molar-refractivity contribution in [2.45, 2.75) is 4.90 Å². The van der Waals surface area contributed by atoms with Crippen LogP contribution < -0.4 is 21.7 Å². The van der Waals surface area contributed by atoms with E-state index in [4.69, 9.17) is 33.0 Å². The van der Waals surface area contributed by atoms with Crippen molar-refractivity contribution in [3.63, 3.8) is 0 Å². The number of hydrazine groups is 1. The number of rotatable bonds is 5. The van der Waals surface area contributed by atoms with Gasteiger partial charge in [0.25, 0.3) is 0 Å². The van der Waals surface area contributed by atoms with Crippen molar-refractivity contribution in [3.05, 3.63) is 69.9 Å². The molecule has 0 aliphatic rings. The van der Waals surface area contributed by atoms with Gasteiger partial charge in [0.05, 0.1) is 15.5 Å². The molecule has 0 amide bonds. The summed E-state index contributed by atoms with van der Waals surface area (Å²) in [6.45, 7) is 0. The first-order valence-electron chi connectivity index (χ1n) is 7.71. The van der Waals surface area contributed by atoms with E-state index in [1.54, 1.807) is 0 Å². The fraction of sp³-hybridized carbons (Fsp3) is 0.0556. The number of hydrogen-bond acceptors (Lipinski definition) is 7. The number of carboxylic acid groups (broad SMARTS) is 1. The summed E-state index contributed by atoms with van der Waals surface area (Å²) in [5, 5.41) is 8.92. The molecular formula is C18H15ClFN3O5S. The van der Waals surface area contributed by atoms with E-state index < -0.39 is 33.2 Å². The summed E-state index contributed by atoms with van der Waals surface area (Å²) in [7, 11) is -3.56. The van der Waals surface area contributed by atoms with Crippen molar-refractivity contribution in [2.75, 3.05) is 6.26 Å². The lowest BCUT2D eigenvalue weighted by molar-refractivity contribution is -0.132. The molecule has 0 saturated heterocycles. The first-order chi connectivity index (χ1) is 13.5. The van der Waals surface area contributed by atoms with Crippen molar-refractivity contribution < 1.29 is 27.4 Å². The Morgan fingerprint density at radius 2 is 1.93 bits per heavy atom. The second-order valence-corrected chi connectivity index (χ2v) is 7.99. The van der Waals surface area contributed by atoms with Gasteiger partial charge >= 0.3 is 5.97 Å². The molecule has 152 valence electrons. The first-order valence-corrected chi connectivity index (χ1v) is 9.98. The summed E-state index contributed by atoms with van der Waals surface area (Å²) in [6, 6.07) is 7.59. The normalized spacial score (nSPS) is 11.7. The number of sulfone groups is 1. The van der Waals surface area contributed by atoms with Crippen LogP contribution in [0.15, 0.2) is 52.9 Å². The number of ether oxygens (including phenoxy) is 1. The first kappa shape index (κ1) is 22.0. The highest BCUT2D eigenvalue weighted by Gasteiger charge is 2.14. The molecule has 2 aromatic carbocycles. The summed E-state index contributed by atoms with van der Waals surface area (Å²) in [5.41, 5.74) is 6.85. The monoisotopic (exact) mass is 439 g/mol. The average Bonchev–Trinajstić information content (AvgIpc) is 2.65. The van der Waals surface area contributed by atoms with Gasteiger partial charge in [-0.15, -0.1) is 0 Å². The van der Waals surface area contributed by atoms with Crippen LogP contribution in [0.25, 0.3) is 0 Å². The maximum atomic E-state index is 14.1. The van der Waals surface area contributed by atoms with Crippen molar-refractivity contribution in [2.24, 2.45) is 11.6 Å². The molecule has 29 heavy (non-hydrogen) atoms. The van der Waals surface area contributed by atoms with Gasteiger partial charge < -0.3 is 15.6 Å².